The molecule has 0 fully saturated rings. The van der Waals surface area contributed by atoms with Gasteiger partial charge in [0.2, 0.25) is 5.54 Å². The average Bonchev–Trinajstić information content (AvgIpc) is 2.27. The number of hydrogen-bond acceptors (Lipinski definition) is 0. The van der Waals surface area contributed by atoms with Gasteiger partial charge in [0.1, 0.15) is 0 Å². The Morgan fingerprint density at radius 3 is 2.75 bits per heavy atom. The molecule has 0 heterocycles. The zero-order valence-electron chi connectivity index (χ0n) is 11.2. The van der Waals surface area contributed by atoms with Gasteiger partial charge in [-0.25, -0.2) is 6.57 Å². The number of rotatable bonds is 4. The fourth-order valence-corrected chi connectivity index (χ4v) is 2.37. The van der Waals surface area contributed by atoms with Gasteiger partial charge < -0.3 is 4.85 Å². The van der Waals surface area contributed by atoms with Crippen LogP contribution in [0.4, 0.5) is 0 Å². The zero-order chi connectivity index (χ0) is 12.2. The van der Waals surface area contributed by atoms with Crippen molar-refractivity contribution in [3.63, 3.8) is 0 Å². The zero-order valence-corrected chi connectivity index (χ0v) is 11.2. The minimum absolute atomic E-state index is 0.158. The standard InChI is InChI=1S/C15H25N/c1-12-6-8-14(9-7-12)13(2)10-11-15(3,4)16-5/h6,13-14H,7-11H2,1-4H3. The fourth-order valence-electron chi connectivity index (χ4n) is 2.37. The molecule has 0 aromatic carbocycles. The minimum Gasteiger partial charge on any atom is -0.311 e. The summed E-state index contributed by atoms with van der Waals surface area (Å²) in [5, 5.41) is 0. The highest BCUT2D eigenvalue weighted by molar-refractivity contribution is 5.03. The topological polar surface area (TPSA) is 4.36 Å². The maximum Gasteiger partial charge on any atom is 0.227 e. The Morgan fingerprint density at radius 2 is 2.25 bits per heavy atom. The molecule has 0 radical (unpaired) electrons. The maximum absolute atomic E-state index is 7.14. The first-order valence-electron chi connectivity index (χ1n) is 6.49. The van der Waals surface area contributed by atoms with Crippen LogP contribution in [0.15, 0.2) is 11.6 Å². The molecule has 0 bridgehead atoms. The Labute approximate surface area is 101 Å². The highest BCUT2D eigenvalue weighted by Gasteiger charge is 2.26. The first-order chi connectivity index (χ1) is 7.44. The normalized spacial score (nSPS) is 23.4. The van der Waals surface area contributed by atoms with Gasteiger partial charge in [-0.3, -0.25) is 0 Å². The summed E-state index contributed by atoms with van der Waals surface area (Å²) >= 11 is 0. The SMILES string of the molecule is [C-]#[N+]C(C)(C)CCC(C)C1CC=C(C)CC1. The quantitative estimate of drug-likeness (QED) is 0.470. The highest BCUT2D eigenvalue weighted by Crippen LogP contribution is 2.33. The van der Waals surface area contributed by atoms with E-state index >= 15 is 0 Å². The van der Waals surface area contributed by atoms with Gasteiger partial charge in [-0.05, 0) is 44.4 Å². The molecule has 0 N–H and O–H groups in total. The van der Waals surface area contributed by atoms with E-state index in [0.717, 1.165) is 18.3 Å². The van der Waals surface area contributed by atoms with E-state index in [2.05, 4.69) is 38.6 Å². The van der Waals surface area contributed by atoms with Crippen molar-refractivity contribution in [1.29, 1.82) is 0 Å². The third-order valence-corrected chi connectivity index (χ3v) is 4.00. The molecule has 1 aliphatic rings. The molecule has 0 aliphatic heterocycles. The van der Waals surface area contributed by atoms with E-state index in [1.165, 1.54) is 25.7 Å². The molecule has 1 rings (SSSR count). The van der Waals surface area contributed by atoms with Gasteiger partial charge in [0, 0.05) is 20.3 Å². The number of nitrogens with zero attached hydrogens (tertiary/aromatic N) is 1. The summed E-state index contributed by atoms with van der Waals surface area (Å²) in [6, 6.07) is 0. The van der Waals surface area contributed by atoms with Crippen molar-refractivity contribution < 1.29 is 0 Å². The van der Waals surface area contributed by atoms with Crippen molar-refractivity contribution in [1.82, 2.24) is 0 Å². The molecule has 0 saturated carbocycles. The molecule has 1 heteroatoms. The number of hydrogen-bond donors (Lipinski definition) is 0. The van der Waals surface area contributed by atoms with Crippen LogP contribution in [-0.4, -0.2) is 5.54 Å². The molecule has 1 nitrogen and oxygen atoms in total. The van der Waals surface area contributed by atoms with Crippen molar-refractivity contribution in [2.45, 2.75) is 65.3 Å². The van der Waals surface area contributed by atoms with E-state index in [0.29, 0.717) is 0 Å². The molecule has 90 valence electrons. The highest BCUT2D eigenvalue weighted by atomic mass is 14.8. The van der Waals surface area contributed by atoms with Crippen molar-refractivity contribution in [3.05, 3.63) is 23.1 Å². The summed E-state index contributed by atoms with van der Waals surface area (Å²) in [5.74, 6) is 1.62. The van der Waals surface area contributed by atoms with Gasteiger partial charge in [0.25, 0.3) is 0 Å². The third kappa shape index (κ3) is 4.00. The van der Waals surface area contributed by atoms with Crippen molar-refractivity contribution in [3.8, 4) is 0 Å². The van der Waals surface area contributed by atoms with Gasteiger partial charge >= 0.3 is 0 Å². The molecule has 0 amide bonds. The molecule has 0 aromatic rings. The lowest BCUT2D eigenvalue weighted by molar-refractivity contribution is 0.291. The summed E-state index contributed by atoms with van der Waals surface area (Å²) < 4.78 is 0. The minimum atomic E-state index is -0.158. The Balaban J connectivity index is 2.37. The van der Waals surface area contributed by atoms with E-state index in [1.54, 1.807) is 5.57 Å². The first-order valence-corrected chi connectivity index (χ1v) is 6.49. The van der Waals surface area contributed by atoms with E-state index < -0.39 is 0 Å². The second kappa shape index (κ2) is 5.53. The molecule has 0 spiro atoms. The largest absolute Gasteiger partial charge is 0.311 e. The van der Waals surface area contributed by atoms with E-state index in [-0.39, 0.29) is 5.54 Å². The van der Waals surface area contributed by atoms with Crippen molar-refractivity contribution >= 4 is 0 Å². The maximum atomic E-state index is 7.14. The van der Waals surface area contributed by atoms with Gasteiger partial charge in [-0.15, -0.1) is 0 Å². The summed E-state index contributed by atoms with van der Waals surface area (Å²) in [4.78, 5) is 3.69. The molecule has 1 aliphatic carbocycles. The second-order valence-electron chi connectivity index (χ2n) is 6.03. The summed E-state index contributed by atoms with van der Waals surface area (Å²) in [6.45, 7) is 15.8. The summed E-state index contributed by atoms with van der Waals surface area (Å²) in [7, 11) is 0. The lowest BCUT2D eigenvalue weighted by atomic mass is 9.78. The van der Waals surface area contributed by atoms with Crippen molar-refractivity contribution in [2.24, 2.45) is 11.8 Å². The lowest BCUT2D eigenvalue weighted by Crippen LogP contribution is -2.19. The fraction of sp³-hybridized carbons (Fsp3) is 0.800. The van der Waals surface area contributed by atoms with Crippen LogP contribution in [-0.2, 0) is 0 Å². The molecule has 2 atom stereocenters. The first kappa shape index (κ1) is 13.3. The lowest BCUT2D eigenvalue weighted by Gasteiger charge is -2.27. The third-order valence-electron chi connectivity index (χ3n) is 4.00. The predicted molar refractivity (Wildman–Crippen MR) is 70.2 cm³/mol. The van der Waals surface area contributed by atoms with E-state index in [4.69, 9.17) is 6.57 Å². The second-order valence-corrected chi connectivity index (χ2v) is 6.03. The van der Waals surface area contributed by atoms with Crippen LogP contribution < -0.4 is 0 Å². The molecule has 2 unspecified atom stereocenters. The Bertz CT molecular complexity index is 293. The van der Waals surface area contributed by atoms with Crippen LogP contribution in [0.25, 0.3) is 4.85 Å². The molecule has 0 saturated heterocycles. The van der Waals surface area contributed by atoms with Crippen LogP contribution in [0.5, 0.6) is 0 Å². The molecule has 0 aromatic heterocycles. The average molecular weight is 219 g/mol. The molecular weight excluding hydrogens is 194 g/mol. The predicted octanol–water partition coefficient (Wildman–Crippen LogP) is 4.85. The van der Waals surface area contributed by atoms with Crippen LogP contribution >= 0.6 is 0 Å². The van der Waals surface area contributed by atoms with Crippen LogP contribution in [0.3, 0.4) is 0 Å². The van der Waals surface area contributed by atoms with Crippen molar-refractivity contribution in [2.75, 3.05) is 0 Å². The van der Waals surface area contributed by atoms with Crippen LogP contribution in [0.1, 0.15) is 59.8 Å². The Hall–Kier alpha value is -0.770. The van der Waals surface area contributed by atoms with Gasteiger partial charge in [-0.1, -0.05) is 18.6 Å². The summed E-state index contributed by atoms with van der Waals surface area (Å²) in [6.07, 6.45) is 8.53. The Kier molecular flexibility index (Phi) is 4.59. The monoisotopic (exact) mass is 219 g/mol. The number of allylic oxidation sites excluding steroid dienone is 2. The van der Waals surface area contributed by atoms with E-state index in [9.17, 15) is 0 Å². The molecule has 16 heavy (non-hydrogen) atoms. The van der Waals surface area contributed by atoms with E-state index in [1.807, 2.05) is 0 Å². The van der Waals surface area contributed by atoms with Gasteiger partial charge in [0.15, 0.2) is 0 Å². The molecular formula is C15H25N. The Morgan fingerprint density at radius 1 is 1.56 bits per heavy atom. The van der Waals surface area contributed by atoms with Crippen LogP contribution in [0.2, 0.25) is 0 Å². The smallest absolute Gasteiger partial charge is 0.227 e. The van der Waals surface area contributed by atoms with Gasteiger partial charge in [0.05, 0.1) is 0 Å². The van der Waals surface area contributed by atoms with Gasteiger partial charge in [-0.2, -0.15) is 0 Å². The van der Waals surface area contributed by atoms with Crippen LogP contribution in [0, 0.1) is 18.4 Å². The summed E-state index contributed by atoms with van der Waals surface area (Å²) in [5.41, 5.74) is 1.40.